The summed E-state index contributed by atoms with van der Waals surface area (Å²) in [6.45, 7) is 4.87. The molecule has 2 aromatic rings. The van der Waals surface area contributed by atoms with E-state index in [1.54, 1.807) is 4.90 Å². The number of halogens is 2. The van der Waals surface area contributed by atoms with Crippen molar-refractivity contribution >= 4 is 34.8 Å². The lowest BCUT2D eigenvalue weighted by molar-refractivity contribution is -0.914. The van der Waals surface area contributed by atoms with Gasteiger partial charge in [-0.2, -0.15) is 0 Å². The van der Waals surface area contributed by atoms with E-state index in [4.69, 9.17) is 16.1 Å². The van der Waals surface area contributed by atoms with Crippen molar-refractivity contribution in [2.24, 2.45) is 11.8 Å². The Balaban J connectivity index is 0.00000253. The van der Waals surface area contributed by atoms with Crippen molar-refractivity contribution in [2.45, 2.75) is 50.6 Å². The molecule has 2 aromatic heterocycles. The molecule has 0 saturated carbocycles. The lowest BCUT2D eigenvalue weighted by Gasteiger charge is -2.38. The van der Waals surface area contributed by atoms with Gasteiger partial charge in [-0.25, -0.2) is 0 Å². The van der Waals surface area contributed by atoms with Crippen molar-refractivity contribution in [1.29, 1.82) is 0 Å². The van der Waals surface area contributed by atoms with E-state index in [2.05, 4.69) is 17.1 Å². The number of hydrogen-bond acceptors (Lipinski definition) is 6. The van der Waals surface area contributed by atoms with Crippen LogP contribution in [0.2, 0.25) is 4.34 Å². The zero-order chi connectivity index (χ0) is 23.4. The minimum atomic E-state index is -0.359. The fraction of sp³-hybridized carbons (Fsp3) is 0.640. The van der Waals surface area contributed by atoms with Crippen molar-refractivity contribution in [3.05, 3.63) is 28.2 Å². The Morgan fingerprint density at radius 3 is 2.66 bits per heavy atom. The second kappa shape index (κ2) is 9.89. The number of carbonyl (C=O) groups is 2. The average molecular weight is 584 g/mol. The summed E-state index contributed by atoms with van der Waals surface area (Å²) >= 11 is 7.55. The molecular formula is C25H32BrClN4O3S. The SMILES string of the molecule is C[N+]1(CCCN2C(=O)[C@@H]3[C@H](C2=O)[C@H](c2cc(-c4ccc(Cl)s4)on2)N2CCC[C@@H]32)CCCCC1.[Br-]. The van der Waals surface area contributed by atoms with Crippen molar-refractivity contribution < 1.29 is 35.6 Å². The second-order valence-electron chi connectivity index (χ2n) is 10.7. The minimum absolute atomic E-state index is 0. The first kappa shape index (κ1) is 25.4. The zero-order valence-electron chi connectivity index (χ0n) is 20.0. The van der Waals surface area contributed by atoms with Gasteiger partial charge < -0.3 is 26.0 Å². The molecule has 190 valence electrons. The fourth-order valence-electron chi connectivity index (χ4n) is 6.94. The Morgan fingerprint density at radius 1 is 1.14 bits per heavy atom. The Hall–Kier alpha value is -1.26. The van der Waals surface area contributed by atoms with Gasteiger partial charge in [-0.05, 0) is 50.8 Å². The topological polar surface area (TPSA) is 66.7 Å². The van der Waals surface area contributed by atoms with E-state index in [1.807, 2.05) is 18.2 Å². The predicted molar refractivity (Wildman–Crippen MR) is 130 cm³/mol. The van der Waals surface area contributed by atoms with E-state index in [0.29, 0.717) is 16.6 Å². The summed E-state index contributed by atoms with van der Waals surface area (Å²) in [7, 11) is 2.32. The molecule has 4 saturated heterocycles. The predicted octanol–water partition coefficient (Wildman–Crippen LogP) is 1.20. The van der Waals surface area contributed by atoms with Gasteiger partial charge in [-0.15, -0.1) is 11.3 Å². The number of piperidine rings is 1. The molecule has 0 aliphatic carbocycles. The third-order valence-corrected chi connectivity index (χ3v) is 9.81. The van der Waals surface area contributed by atoms with E-state index < -0.39 is 0 Å². The van der Waals surface area contributed by atoms with Gasteiger partial charge in [0.2, 0.25) is 11.8 Å². The molecule has 4 aliphatic heterocycles. The minimum Gasteiger partial charge on any atom is -1.00 e. The molecule has 35 heavy (non-hydrogen) atoms. The van der Waals surface area contributed by atoms with Crippen LogP contribution in [0.5, 0.6) is 0 Å². The molecule has 0 aromatic carbocycles. The highest BCUT2D eigenvalue weighted by Gasteiger charge is 2.63. The molecule has 0 unspecified atom stereocenters. The van der Waals surface area contributed by atoms with E-state index in [1.165, 1.54) is 43.7 Å². The number of aromatic nitrogens is 1. The standard InChI is InChI=1S/C25H32ClN4O3S.BrH/c1-30(12-3-2-4-13-30)14-6-11-29-24(31)21-17-7-5-10-28(17)23(22(21)25(29)32)16-15-18(33-27-16)19-8-9-20(26)34-19;/h8-9,15,17,21-23H,2-7,10-14H2,1H3;1H/q+1;/p-1/t17-,21-,22-,23-;/m0./s1. The molecule has 6 heterocycles. The van der Waals surface area contributed by atoms with Crippen LogP contribution >= 0.6 is 22.9 Å². The number of imide groups is 1. The number of rotatable bonds is 6. The first-order valence-corrected chi connectivity index (χ1v) is 13.8. The van der Waals surface area contributed by atoms with Gasteiger partial charge in [0.1, 0.15) is 5.69 Å². The molecule has 4 aliphatic rings. The molecule has 4 fully saturated rings. The van der Waals surface area contributed by atoms with Crippen LogP contribution in [-0.4, -0.2) is 77.1 Å². The molecule has 7 nitrogen and oxygen atoms in total. The van der Waals surface area contributed by atoms with Crippen molar-refractivity contribution in [3.8, 4) is 10.6 Å². The zero-order valence-corrected chi connectivity index (χ0v) is 23.2. The molecule has 4 atom stereocenters. The van der Waals surface area contributed by atoms with Gasteiger partial charge >= 0.3 is 0 Å². The summed E-state index contributed by atoms with van der Waals surface area (Å²) in [6.07, 6.45) is 6.76. The molecule has 10 heteroatoms. The van der Waals surface area contributed by atoms with Crippen LogP contribution in [0.15, 0.2) is 22.7 Å². The normalized spacial score (nSPS) is 29.9. The third-order valence-electron chi connectivity index (χ3n) is 8.57. The highest BCUT2D eigenvalue weighted by molar-refractivity contribution is 7.19. The van der Waals surface area contributed by atoms with Crippen molar-refractivity contribution in [3.63, 3.8) is 0 Å². The Bertz CT molecular complexity index is 1100. The first-order valence-electron chi connectivity index (χ1n) is 12.6. The number of hydrogen-bond donors (Lipinski definition) is 0. The highest BCUT2D eigenvalue weighted by atomic mass is 79.9. The lowest BCUT2D eigenvalue weighted by Crippen LogP contribution is -3.00. The summed E-state index contributed by atoms with van der Waals surface area (Å²) in [5.74, 6) is 0.0700. The Labute approximate surface area is 225 Å². The van der Waals surface area contributed by atoms with Crippen LogP contribution in [0.3, 0.4) is 0 Å². The number of fused-ring (bicyclic) bond motifs is 3. The second-order valence-corrected chi connectivity index (χ2v) is 12.4. The van der Waals surface area contributed by atoms with Crippen LogP contribution in [0.4, 0.5) is 0 Å². The molecule has 0 spiro atoms. The monoisotopic (exact) mass is 582 g/mol. The van der Waals surface area contributed by atoms with Crippen LogP contribution in [0.25, 0.3) is 10.6 Å². The average Bonchev–Trinajstić information content (AvgIpc) is 3.61. The fourth-order valence-corrected chi connectivity index (χ4v) is 7.93. The summed E-state index contributed by atoms with van der Waals surface area (Å²) in [6, 6.07) is 5.63. The van der Waals surface area contributed by atoms with Crippen molar-refractivity contribution in [1.82, 2.24) is 15.0 Å². The maximum absolute atomic E-state index is 13.7. The van der Waals surface area contributed by atoms with E-state index in [9.17, 15) is 9.59 Å². The quantitative estimate of drug-likeness (QED) is 0.378. The van der Waals surface area contributed by atoms with Gasteiger partial charge in [0.25, 0.3) is 0 Å². The van der Waals surface area contributed by atoms with Gasteiger partial charge in [0.05, 0.1) is 53.8 Å². The summed E-state index contributed by atoms with van der Waals surface area (Å²) in [5.41, 5.74) is 0.758. The summed E-state index contributed by atoms with van der Waals surface area (Å²) in [5, 5.41) is 4.38. The number of amides is 2. The Morgan fingerprint density at radius 2 is 1.91 bits per heavy atom. The van der Waals surface area contributed by atoms with Gasteiger partial charge in [0, 0.05) is 25.1 Å². The first-order chi connectivity index (χ1) is 16.5. The number of thiophene rings is 1. The number of quaternary nitrogens is 1. The van der Waals surface area contributed by atoms with Crippen molar-refractivity contribution in [2.75, 3.05) is 39.8 Å². The van der Waals surface area contributed by atoms with Crippen LogP contribution < -0.4 is 17.0 Å². The molecule has 6 rings (SSSR count). The maximum atomic E-state index is 13.7. The Kier molecular flexibility index (Phi) is 7.18. The molecule has 2 amide bonds. The third kappa shape index (κ3) is 4.41. The van der Waals surface area contributed by atoms with Gasteiger partial charge in [-0.3, -0.25) is 19.4 Å². The number of carbonyl (C=O) groups excluding carboxylic acids is 2. The molecule has 0 bridgehead atoms. The maximum Gasteiger partial charge on any atom is 0.235 e. The lowest BCUT2D eigenvalue weighted by atomic mass is 9.86. The summed E-state index contributed by atoms with van der Waals surface area (Å²) < 4.78 is 7.43. The largest absolute Gasteiger partial charge is 1.00 e. The van der Waals surface area contributed by atoms with Crippen LogP contribution in [0, 0.1) is 11.8 Å². The van der Waals surface area contributed by atoms with Crippen LogP contribution in [0.1, 0.15) is 50.3 Å². The number of nitrogens with zero attached hydrogens (tertiary/aromatic N) is 4. The van der Waals surface area contributed by atoms with E-state index >= 15 is 0 Å². The van der Waals surface area contributed by atoms with Crippen LogP contribution in [-0.2, 0) is 9.59 Å². The summed E-state index contributed by atoms with van der Waals surface area (Å²) in [4.78, 5) is 32.0. The molecular weight excluding hydrogens is 552 g/mol. The smallest absolute Gasteiger partial charge is 0.235 e. The van der Waals surface area contributed by atoms with E-state index in [0.717, 1.165) is 47.4 Å². The highest BCUT2D eigenvalue weighted by Crippen LogP contribution is 2.53. The van der Waals surface area contributed by atoms with Gasteiger partial charge in [-0.1, -0.05) is 16.8 Å². The van der Waals surface area contributed by atoms with E-state index in [-0.39, 0.29) is 52.7 Å². The molecule has 0 N–H and O–H groups in total. The number of likely N-dealkylation sites (tertiary alicyclic amines) is 2. The van der Waals surface area contributed by atoms with Gasteiger partial charge in [0.15, 0.2) is 5.76 Å². The molecule has 0 radical (unpaired) electrons.